The van der Waals surface area contributed by atoms with E-state index < -0.39 is 0 Å². The van der Waals surface area contributed by atoms with E-state index in [1.807, 2.05) is 7.05 Å². The molecule has 0 atom stereocenters. The molecule has 0 unspecified atom stereocenters. The van der Waals surface area contributed by atoms with Gasteiger partial charge in [-0.1, -0.05) is 0 Å². The van der Waals surface area contributed by atoms with E-state index in [1.54, 1.807) is 36.2 Å². The standard InChI is InChI=1S/C10H15BrN4O/c1-14(2)9(16)6-15(3)10-8(11)4-7(12)5-13-10/h4-5H,6,12H2,1-3H3. The quantitative estimate of drug-likeness (QED) is 0.899. The van der Waals surface area contributed by atoms with Crippen LogP contribution in [0, 0.1) is 0 Å². The van der Waals surface area contributed by atoms with Gasteiger partial charge in [-0.2, -0.15) is 0 Å². The van der Waals surface area contributed by atoms with Gasteiger partial charge in [0.25, 0.3) is 0 Å². The molecule has 2 N–H and O–H groups in total. The van der Waals surface area contributed by atoms with Crippen molar-refractivity contribution in [2.24, 2.45) is 0 Å². The van der Waals surface area contributed by atoms with Crippen LogP contribution in [-0.2, 0) is 4.79 Å². The number of carbonyl (C=O) groups excluding carboxylic acids is 1. The Balaban J connectivity index is 2.80. The minimum absolute atomic E-state index is 0.0213. The molecule has 0 saturated carbocycles. The molecule has 0 bridgehead atoms. The zero-order valence-corrected chi connectivity index (χ0v) is 11.2. The number of amides is 1. The summed E-state index contributed by atoms with van der Waals surface area (Å²) in [6, 6.07) is 1.76. The maximum atomic E-state index is 11.5. The highest BCUT2D eigenvalue weighted by Crippen LogP contribution is 2.24. The molecule has 0 aliphatic carbocycles. The van der Waals surface area contributed by atoms with Crippen LogP contribution in [0.5, 0.6) is 0 Å². The second-order valence-electron chi connectivity index (χ2n) is 3.72. The number of aromatic nitrogens is 1. The summed E-state index contributed by atoms with van der Waals surface area (Å²) in [6.07, 6.45) is 1.57. The van der Waals surface area contributed by atoms with Crippen molar-refractivity contribution in [1.29, 1.82) is 0 Å². The Kier molecular flexibility index (Phi) is 4.12. The Bertz CT molecular complexity index is 394. The second kappa shape index (κ2) is 5.16. The van der Waals surface area contributed by atoms with Crippen LogP contribution < -0.4 is 10.6 Å². The Labute approximate surface area is 103 Å². The summed E-state index contributed by atoms with van der Waals surface area (Å²) in [6.45, 7) is 0.280. The van der Waals surface area contributed by atoms with Gasteiger partial charge in [0.15, 0.2) is 0 Å². The van der Waals surface area contributed by atoms with Gasteiger partial charge in [-0.05, 0) is 22.0 Å². The Hall–Kier alpha value is -1.30. The first-order valence-electron chi connectivity index (χ1n) is 4.74. The van der Waals surface area contributed by atoms with E-state index in [1.165, 1.54) is 0 Å². The van der Waals surface area contributed by atoms with Gasteiger partial charge in [0, 0.05) is 21.1 Å². The van der Waals surface area contributed by atoms with E-state index in [4.69, 9.17) is 5.73 Å². The number of nitrogens with zero attached hydrogens (tertiary/aromatic N) is 3. The summed E-state index contributed by atoms with van der Waals surface area (Å²) in [5.74, 6) is 0.720. The Morgan fingerprint density at radius 2 is 2.12 bits per heavy atom. The number of likely N-dealkylation sites (N-methyl/N-ethyl adjacent to an activating group) is 2. The van der Waals surface area contributed by atoms with Crippen LogP contribution in [0.2, 0.25) is 0 Å². The first-order valence-corrected chi connectivity index (χ1v) is 5.53. The number of hydrogen-bond acceptors (Lipinski definition) is 4. The van der Waals surface area contributed by atoms with E-state index in [0.717, 1.165) is 4.47 Å². The molecule has 0 saturated heterocycles. The van der Waals surface area contributed by atoms with Crippen LogP contribution in [0.4, 0.5) is 11.5 Å². The highest BCUT2D eigenvalue weighted by Gasteiger charge is 2.12. The molecule has 1 amide bonds. The van der Waals surface area contributed by atoms with E-state index >= 15 is 0 Å². The fourth-order valence-electron chi connectivity index (χ4n) is 1.15. The summed E-state index contributed by atoms with van der Waals surface area (Å²) in [7, 11) is 5.26. The third-order valence-electron chi connectivity index (χ3n) is 2.08. The third kappa shape index (κ3) is 3.10. The van der Waals surface area contributed by atoms with Crippen molar-refractivity contribution < 1.29 is 4.79 Å². The topological polar surface area (TPSA) is 62.5 Å². The molecule has 16 heavy (non-hydrogen) atoms. The van der Waals surface area contributed by atoms with Gasteiger partial charge in [-0.25, -0.2) is 4.98 Å². The molecule has 0 fully saturated rings. The monoisotopic (exact) mass is 286 g/mol. The number of nitrogens with two attached hydrogens (primary N) is 1. The SMILES string of the molecule is CN(C)C(=O)CN(C)c1ncc(N)cc1Br. The number of pyridine rings is 1. The lowest BCUT2D eigenvalue weighted by atomic mass is 10.4. The predicted octanol–water partition coefficient (Wildman–Crippen LogP) is 0.951. The average molecular weight is 287 g/mol. The molecule has 0 spiro atoms. The molecule has 0 aromatic carbocycles. The lowest BCUT2D eigenvalue weighted by molar-refractivity contribution is -0.127. The molecular formula is C10H15BrN4O. The Morgan fingerprint density at radius 3 is 2.62 bits per heavy atom. The van der Waals surface area contributed by atoms with Gasteiger partial charge < -0.3 is 15.5 Å². The molecule has 1 rings (SSSR count). The van der Waals surface area contributed by atoms with Gasteiger partial charge in [0.05, 0.1) is 22.9 Å². The summed E-state index contributed by atoms with van der Waals surface area (Å²) in [5, 5.41) is 0. The van der Waals surface area contributed by atoms with Gasteiger partial charge >= 0.3 is 0 Å². The first-order chi connectivity index (χ1) is 7.41. The highest BCUT2D eigenvalue weighted by atomic mass is 79.9. The normalized spacial score (nSPS) is 10.0. The molecule has 1 aromatic heterocycles. The minimum Gasteiger partial charge on any atom is -0.397 e. The molecule has 1 heterocycles. The van der Waals surface area contributed by atoms with Crippen LogP contribution in [0.15, 0.2) is 16.7 Å². The van der Waals surface area contributed by atoms with Crippen molar-refractivity contribution in [2.45, 2.75) is 0 Å². The summed E-state index contributed by atoms with van der Waals surface area (Å²) >= 11 is 3.37. The van der Waals surface area contributed by atoms with Gasteiger partial charge in [0.2, 0.25) is 5.91 Å². The predicted molar refractivity (Wildman–Crippen MR) is 68.3 cm³/mol. The smallest absolute Gasteiger partial charge is 0.241 e. The number of carbonyl (C=O) groups is 1. The van der Waals surface area contributed by atoms with Crippen molar-refractivity contribution in [3.8, 4) is 0 Å². The van der Waals surface area contributed by atoms with E-state index in [9.17, 15) is 4.79 Å². The second-order valence-corrected chi connectivity index (χ2v) is 4.57. The molecule has 0 radical (unpaired) electrons. The molecule has 88 valence electrons. The summed E-state index contributed by atoms with van der Waals surface area (Å²) in [4.78, 5) is 19.0. The number of halogens is 1. The molecule has 0 aliphatic rings. The molecular weight excluding hydrogens is 272 g/mol. The zero-order valence-electron chi connectivity index (χ0n) is 9.57. The van der Waals surface area contributed by atoms with Crippen LogP contribution >= 0.6 is 15.9 Å². The molecule has 6 heteroatoms. The number of rotatable bonds is 3. The number of nitrogen functional groups attached to an aromatic ring is 1. The van der Waals surface area contributed by atoms with Crippen LogP contribution in [-0.4, -0.2) is 43.5 Å². The van der Waals surface area contributed by atoms with Gasteiger partial charge in [-0.3, -0.25) is 4.79 Å². The van der Waals surface area contributed by atoms with Gasteiger partial charge in [0.1, 0.15) is 5.82 Å². The lowest BCUT2D eigenvalue weighted by Gasteiger charge is -2.21. The number of hydrogen-bond donors (Lipinski definition) is 1. The fraction of sp³-hybridized carbons (Fsp3) is 0.400. The van der Waals surface area contributed by atoms with Crippen molar-refractivity contribution in [1.82, 2.24) is 9.88 Å². The largest absolute Gasteiger partial charge is 0.397 e. The average Bonchev–Trinajstić information content (AvgIpc) is 2.16. The van der Waals surface area contributed by atoms with Gasteiger partial charge in [-0.15, -0.1) is 0 Å². The van der Waals surface area contributed by atoms with Crippen LogP contribution in [0.1, 0.15) is 0 Å². The van der Waals surface area contributed by atoms with Crippen LogP contribution in [0.25, 0.3) is 0 Å². The highest BCUT2D eigenvalue weighted by molar-refractivity contribution is 9.10. The van der Waals surface area contributed by atoms with Crippen molar-refractivity contribution in [3.63, 3.8) is 0 Å². The summed E-state index contributed by atoms with van der Waals surface area (Å²) in [5.41, 5.74) is 6.18. The minimum atomic E-state index is 0.0213. The molecule has 0 aliphatic heterocycles. The maximum absolute atomic E-state index is 11.5. The Morgan fingerprint density at radius 1 is 1.50 bits per heavy atom. The molecule has 1 aromatic rings. The first kappa shape index (κ1) is 12.8. The zero-order chi connectivity index (χ0) is 12.3. The third-order valence-corrected chi connectivity index (χ3v) is 2.66. The van der Waals surface area contributed by atoms with Crippen molar-refractivity contribution in [2.75, 3.05) is 38.3 Å². The van der Waals surface area contributed by atoms with Crippen molar-refractivity contribution >= 4 is 33.3 Å². The summed E-state index contributed by atoms with van der Waals surface area (Å²) < 4.78 is 0.779. The fourth-order valence-corrected chi connectivity index (χ4v) is 1.81. The van der Waals surface area contributed by atoms with E-state index in [0.29, 0.717) is 11.5 Å². The maximum Gasteiger partial charge on any atom is 0.241 e. The molecule has 5 nitrogen and oxygen atoms in total. The number of anilines is 2. The van der Waals surface area contributed by atoms with Crippen molar-refractivity contribution in [3.05, 3.63) is 16.7 Å². The van der Waals surface area contributed by atoms with E-state index in [2.05, 4.69) is 20.9 Å². The van der Waals surface area contributed by atoms with Crippen LogP contribution in [0.3, 0.4) is 0 Å². The van der Waals surface area contributed by atoms with E-state index in [-0.39, 0.29) is 12.5 Å². The lowest BCUT2D eigenvalue weighted by Crippen LogP contribution is -2.34.